The molecule has 0 radical (unpaired) electrons. The number of anilines is 1. The van der Waals surface area contributed by atoms with E-state index in [9.17, 15) is 14.4 Å². The van der Waals surface area contributed by atoms with Gasteiger partial charge in [0.1, 0.15) is 0 Å². The van der Waals surface area contributed by atoms with Gasteiger partial charge in [0, 0.05) is 50.9 Å². The highest BCUT2D eigenvalue weighted by Gasteiger charge is 2.35. The summed E-state index contributed by atoms with van der Waals surface area (Å²) in [5.41, 5.74) is 8.23. The van der Waals surface area contributed by atoms with Crippen LogP contribution in [0.4, 0.5) is 5.95 Å². The lowest BCUT2D eigenvalue weighted by atomic mass is 9.98. The second kappa shape index (κ2) is 8.94. The van der Waals surface area contributed by atoms with Crippen LogP contribution in [-0.4, -0.2) is 71.2 Å². The maximum absolute atomic E-state index is 13.1. The van der Waals surface area contributed by atoms with Gasteiger partial charge in [0.2, 0.25) is 23.7 Å². The summed E-state index contributed by atoms with van der Waals surface area (Å²) in [6.07, 6.45) is 4.74. The first-order valence-corrected chi connectivity index (χ1v) is 10.9. The molecule has 9 heteroatoms. The molecule has 1 atom stereocenters. The Hall–Kier alpha value is -3.49. The normalized spacial score (nSPS) is 18.3. The fourth-order valence-electron chi connectivity index (χ4n) is 4.37. The van der Waals surface area contributed by atoms with Crippen LogP contribution in [0.25, 0.3) is 11.1 Å². The average molecular weight is 437 g/mol. The van der Waals surface area contributed by atoms with Crippen molar-refractivity contribution in [3.63, 3.8) is 0 Å². The van der Waals surface area contributed by atoms with Gasteiger partial charge in [-0.25, -0.2) is 9.97 Å². The molecule has 1 aromatic heterocycles. The van der Waals surface area contributed by atoms with Gasteiger partial charge in [-0.15, -0.1) is 0 Å². The number of carbonyl (C=O) groups excluding carboxylic acids is 3. The van der Waals surface area contributed by atoms with E-state index in [1.54, 1.807) is 23.2 Å². The Labute approximate surface area is 187 Å². The number of likely N-dealkylation sites (tertiary alicyclic amines) is 2. The van der Waals surface area contributed by atoms with Gasteiger partial charge in [-0.1, -0.05) is 12.1 Å². The van der Waals surface area contributed by atoms with Crippen LogP contribution < -0.4 is 10.6 Å². The van der Waals surface area contributed by atoms with E-state index in [1.165, 1.54) is 0 Å². The van der Waals surface area contributed by atoms with E-state index in [2.05, 4.69) is 4.98 Å². The molecular weight excluding hydrogens is 408 g/mol. The number of rotatable bonds is 6. The predicted octanol–water partition coefficient (Wildman–Crippen LogP) is 1.59. The van der Waals surface area contributed by atoms with Crippen molar-refractivity contribution in [2.24, 2.45) is 5.73 Å². The summed E-state index contributed by atoms with van der Waals surface area (Å²) in [6.45, 7) is 1.38. The molecule has 9 nitrogen and oxygen atoms in total. The number of aromatic nitrogens is 2. The number of benzene rings is 1. The highest BCUT2D eigenvalue weighted by atomic mass is 16.2. The SMILES string of the molecule is CN(C)c1ncc(-c2ccc(C(N)=O)cc2)c(C2CCCN2C(=O)CN2CCCC2=O)n1. The number of amides is 3. The van der Waals surface area contributed by atoms with E-state index in [1.807, 2.05) is 36.0 Å². The number of primary amides is 1. The standard InChI is InChI=1S/C23H28N6O3/c1-27(2)23-25-13-17(15-7-9-16(10-8-15)22(24)32)21(26-23)18-5-3-12-29(18)20(31)14-28-11-4-6-19(28)30/h7-10,13,18H,3-6,11-12,14H2,1-2H3,(H2,24,32). The van der Waals surface area contributed by atoms with E-state index in [0.717, 1.165) is 36.1 Å². The van der Waals surface area contributed by atoms with Gasteiger partial charge in [0.15, 0.2) is 0 Å². The fraction of sp³-hybridized carbons (Fsp3) is 0.435. The molecule has 2 aliphatic rings. The first kappa shape index (κ1) is 21.7. The summed E-state index contributed by atoms with van der Waals surface area (Å²) in [5.74, 6) is 0.0654. The Kier molecular flexibility index (Phi) is 6.07. The Bertz CT molecular complexity index is 1040. The minimum Gasteiger partial charge on any atom is -0.366 e. The smallest absolute Gasteiger partial charge is 0.248 e. The lowest BCUT2D eigenvalue weighted by molar-refractivity contribution is -0.139. The van der Waals surface area contributed by atoms with Crippen LogP contribution in [0.2, 0.25) is 0 Å². The van der Waals surface area contributed by atoms with Gasteiger partial charge in [0.25, 0.3) is 0 Å². The van der Waals surface area contributed by atoms with Crippen molar-refractivity contribution in [3.8, 4) is 11.1 Å². The zero-order valence-electron chi connectivity index (χ0n) is 18.5. The number of nitrogens with two attached hydrogens (primary N) is 1. The summed E-state index contributed by atoms with van der Waals surface area (Å²) in [7, 11) is 3.74. The molecule has 0 aliphatic carbocycles. The first-order valence-electron chi connectivity index (χ1n) is 10.9. The van der Waals surface area contributed by atoms with Gasteiger partial charge in [0.05, 0.1) is 18.3 Å². The van der Waals surface area contributed by atoms with Crippen molar-refractivity contribution in [2.75, 3.05) is 38.6 Å². The van der Waals surface area contributed by atoms with Crippen molar-refractivity contribution in [1.29, 1.82) is 0 Å². The second-order valence-electron chi connectivity index (χ2n) is 8.47. The van der Waals surface area contributed by atoms with Crippen LogP contribution in [-0.2, 0) is 9.59 Å². The summed E-state index contributed by atoms with van der Waals surface area (Å²) in [4.78, 5) is 51.2. The molecule has 1 unspecified atom stereocenters. The van der Waals surface area contributed by atoms with Gasteiger partial charge >= 0.3 is 0 Å². The van der Waals surface area contributed by atoms with Gasteiger partial charge in [-0.2, -0.15) is 0 Å². The van der Waals surface area contributed by atoms with E-state index in [0.29, 0.717) is 31.0 Å². The van der Waals surface area contributed by atoms with Crippen LogP contribution in [0.15, 0.2) is 30.5 Å². The Morgan fingerprint density at radius 1 is 1.16 bits per heavy atom. The molecule has 0 spiro atoms. The molecule has 1 aromatic carbocycles. The molecular formula is C23H28N6O3. The lowest BCUT2D eigenvalue weighted by Gasteiger charge is -2.28. The number of nitrogens with zero attached hydrogens (tertiary/aromatic N) is 5. The van der Waals surface area contributed by atoms with Crippen LogP contribution in [0.3, 0.4) is 0 Å². The first-order chi connectivity index (χ1) is 15.3. The Morgan fingerprint density at radius 3 is 2.53 bits per heavy atom. The van der Waals surface area contributed by atoms with E-state index < -0.39 is 5.91 Å². The van der Waals surface area contributed by atoms with E-state index >= 15 is 0 Å². The third kappa shape index (κ3) is 4.28. The van der Waals surface area contributed by atoms with Crippen molar-refractivity contribution >= 4 is 23.7 Å². The van der Waals surface area contributed by atoms with Gasteiger partial charge in [-0.3, -0.25) is 14.4 Å². The van der Waals surface area contributed by atoms with Crippen molar-refractivity contribution in [2.45, 2.75) is 31.7 Å². The van der Waals surface area contributed by atoms with Crippen molar-refractivity contribution in [3.05, 3.63) is 41.7 Å². The predicted molar refractivity (Wildman–Crippen MR) is 120 cm³/mol. The highest BCUT2D eigenvalue weighted by Crippen LogP contribution is 2.37. The maximum atomic E-state index is 13.1. The molecule has 2 fully saturated rings. The third-order valence-electron chi connectivity index (χ3n) is 6.07. The molecule has 0 bridgehead atoms. The third-order valence-corrected chi connectivity index (χ3v) is 6.07. The molecule has 2 aromatic rings. The quantitative estimate of drug-likeness (QED) is 0.736. The average Bonchev–Trinajstić information content (AvgIpc) is 3.42. The second-order valence-corrected chi connectivity index (χ2v) is 8.47. The Morgan fingerprint density at radius 2 is 1.91 bits per heavy atom. The van der Waals surface area contributed by atoms with Gasteiger partial charge < -0.3 is 20.4 Å². The van der Waals surface area contributed by atoms with Crippen LogP contribution in [0.5, 0.6) is 0 Å². The molecule has 2 N–H and O–H groups in total. The van der Waals surface area contributed by atoms with E-state index in [-0.39, 0.29) is 24.4 Å². The van der Waals surface area contributed by atoms with Crippen molar-refractivity contribution in [1.82, 2.24) is 19.8 Å². The topological polar surface area (TPSA) is 113 Å². The molecule has 32 heavy (non-hydrogen) atoms. The number of carbonyl (C=O) groups is 3. The van der Waals surface area contributed by atoms with Crippen LogP contribution in [0.1, 0.15) is 47.8 Å². The molecule has 4 rings (SSSR count). The highest BCUT2D eigenvalue weighted by molar-refractivity contribution is 5.93. The summed E-state index contributed by atoms with van der Waals surface area (Å²) in [5, 5.41) is 0. The summed E-state index contributed by atoms with van der Waals surface area (Å²) >= 11 is 0. The molecule has 3 heterocycles. The van der Waals surface area contributed by atoms with Crippen LogP contribution in [0, 0.1) is 0 Å². The molecule has 3 amide bonds. The zero-order chi connectivity index (χ0) is 22.8. The number of hydrogen-bond acceptors (Lipinski definition) is 6. The minimum atomic E-state index is -0.486. The van der Waals surface area contributed by atoms with Gasteiger partial charge in [-0.05, 0) is 37.0 Å². The monoisotopic (exact) mass is 436 g/mol. The number of hydrogen-bond donors (Lipinski definition) is 1. The molecule has 2 aliphatic heterocycles. The molecule has 168 valence electrons. The van der Waals surface area contributed by atoms with Crippen molar-refractivity contribution < 1.29 is 14.4 Å². The minimum absolute atomic E-state index is 0.0428. The largest absolute Gasteiger partial charge is 0.366 e. The molecule has 0 saturated carbocycles. The lowest BCUT2D eigenvalue weighted by Crippen LogP contribution is -2.40. The zero-order valence-corrected chi connectivity index (χ0v) is 18.5. The Balaban J connectivity index is 1.68. The fourth-order valence-corrected chi connectivity index (χ4v) is 4.37. The van der Waals surface area contributed by atoms with E-state index in [4.69, 9.17) is 10.7 Å². The molecule has 2 saturated heterocycles. The maximum Gasteiger partial charge on any atom is 0.248 e. The van der Waals surface area contributed by atoms with Crippen LogP contribution >= 0.6 is 0 Å². The summed E-state index contributed by atoms with van der Waals surface area (Å²) < 4.78 is 0. The summed E-state index contributed by atoms with van der Waals surface area (Å²) in [6, 6.07) is 6.80.